The summed E-state index contributed by atoms with van der Waals surface area (Å²) in [5.74, 6) is 1.77. The molecule has 2 unspecified atom stereocenters. The van der Waals surface area contributed by atoms with Crippen LogP contribution in [-0.4, -0.2) is 52.6 Å². The van der Waals surface area contributed by atoms with Gasteiger partial charge in [-0.1, -0.05) is 30.3 Å². The van der Waals surface area contributed by atoms with Gasteiger partial charge in [0.05, 0.1) is 24.4 Å². The predicted molar refractivity (Wildman–Crippen MR) is 114 cm³/mol. The lowest BCUT2D eigenvalue weighted by Crippen LogP contribution is -2.47. The van der Waals surface area contributed by atoms with Crippen molar-refractivity contribution in [1.82, 2.24) is 14.9 Å². The first-order valence-electron chi connectivity index (χ1n) is 10.3. The Balaban J connectivity index is 1.56. The topological polar surface area (TPSA) is 58.6 Å². The molecule has 152 valence electrons. The molecule has 0 radical (unpaired) electrons. The fourth-order valence-electron chi connectivity index (χ4n) is 4.15. The molecule has 3 heterocycles. The van der Waals surface area contributed by atoms with Crippen LogP contribution < -0.4 is 4.90 Å². The number of morpholine rings is 1. The number of carbonyl (C=O) groups is 1. The van der Waals surface area contributed by atoms with Gasteiger partial charge in [0.2, 0.25) is 5.91 Å². The number of nitrogens with zero attached hydrogens (tertiary/aromatic N) is 4. The minimum absolute atomic E-state index is 0.0229. The molecule has 1 aromatic carbocycles. The smallest absolute Gasteiger partial charge is 0.246 e. The van der Waals surface area contributed by atoms with E-state index in [1.165, 1.54) is 0 Å². The Morgan fingerprint density at radius 1 is 1.14 bits per heavy atom. The number of rotatable bonds is 3. The summed E-state index contributed by atoms with van der Waals surface area (Å²) >= 11 is 0. The molecule has 2 aliphatic rings. The van der Waals surface area contributed by atoms with Crippen LogP contribution in [0.4, 0.5) is 5.82 Å². The predicted octanol–water partition coefficient (Wildman–Crippen LogP) is 3.00. The third-order valence-corrected chi connectivity index (χ3v) is 5.40. The highest BCUT2D eigenvalue weighted by molar-refractivity contribution is 5.92. The van der Waals surface area contributed by atoms with Gasteiger partial charge in [0.1, 0.15) is 11.6 Å². The number of carbonyl (C=O) groups excluding carboxylic acids is 1. The number of amides is 1. The second-order valence-corrected chi connectivity index (χ2v) is 7.94. The monoisotopic (exact) mass is 392 g/mol. The summed E-state index contributed by atoms with van der Waals surface area (Å²) in [5, 5.41) is 0. The van der Waals surface area contributed by atoms with Gasteiger partial charge >= 0.3 is 0 Å². The largest absolute Gasteiger partial charge is 0.372 e. The van der Waals surface area contributed by atoms with Crippen LogP contribution in [0.2, 0.25) is 0 Å². The molecule has 1 amide bonds. The first-order chi connectivity index (χ1) is 14.0. The van der Waals surface area contributed by atoms with E-state index >= 15 is 0 Å². The molecule has 2 aromatic rings. The van der Waals surface area contributed by atoms with Gasteiger partial charge in [-0.2, -0.15) is 0 Å². The molecule has 6 nitrogen and oxygen atoms in total. The Kier molecular flexibility index (Phi) is 5.62. The highest BCUT2D eigenvalue weighted by Gasteiger charge is 2.30. The van der Waals surface area contributed by atoms with Crippen molar-refractivity contribution in [3.8, 4) is 0 Å². The van der Waals surface area contributed by atoms with Crippen LogP contribution in [0.15, 0.2) is 36.4 Å². The van der Waals surface area contributed by atoms with Crippen molar-refractivity contribution < 1.29 is 9.53 Å². The van der Waals surface area contributed by atoms with Crippen molar-refractivity contribution in [3.63, 3.8) is 0 Å². The van der Waals surface area contributed by atoms with Gasteiger partial charge in [0.25, 0.3) is 0 Å². The van der Waals surface area contributed by atoms with E-state index in [0.29, 0.717) is 13.1 Å². The molecule has 6 heteroatoms. The van der Waals surface area contributed by atoms with E-state index in [1.54, 1.807) is 6.08 Å². The number of aromatic nitrogens is 2. The first kappa shape index (κ1) is 19.6. The van der Waals surface area contributed by atoms with Gasteiger partial charge in [-0.25, -0.2) is 9.97 Å². The van der Waals surface area contributed by atoms with Crippen molar-refractivity contribution in [2.45, 2.75) is 45.9 Å². The van der Waals surface area contributed by atoms with E-state index in [1.807, 2.05) is 48.2 Å². The molecular formula is C23H28N4O2. The Morgan fingerprint density at radius 3 is 2.59 bits per heavy atom. The van der Waals surface area contributed by atoms with Gasteiger partial charge < -0.3 is 14.5 Å². The second kappa shape index (κ2) is 8.33. The van der Waals surface area contributed by atoms with Crippen LogP contribution in [0.25, 0.3) is 6.08 Å². The molecule has 0 bridgehead atoms. The van der Waals surface area contributed by atoms with Crippen LogP contribution in [0.3, 0.4) is 0 Å². The number of hydrogen-bond acceptors (Lipinski definition) is 5. The third kappa shape index (κ3) is 4.48. The average Bonchev–Trinajstić information content (AvgIpc) is 2.71. The molecule has 2 aliphatic heterocycles. The lowest BCUT2D eigenvalue weighted by molar-refractivity contribution is -0.126. The molecule has 1 saturated heterocycles. The maximum Gasteiger partial charge on any atom is 0.246 e. The minimum atomic E-state index is 0.0229. The fraction of sp³-hybridized carbons (Fsp3) is 0.435. The van der Waals surface area contributed by atoms with E-state index in [4.69, 9.17) is 9.72 Å². The van der Waals surface area contributed by atoms with E-state index in [2.05, 4.69) is 23.7 Å². The quantitative estimate of drug-likeness (QED) is 0.752. The van der Waals surface area contributed by atoms with E-state index in [9.17, 15) is 4.79 Å². The lowest BCUT2D eigenvalue weighted by Gasteiger charge is -2.38. The van der Waals surface area contributed by atoms with Gasteiger partial charge in [0.15, 0.2) is 0 Å². The zero-order valence-corrected chi connectivity index (χ0v) is 17.3. The second-order valence-electron chi connectivity index (χ2n) is 7.94. The Hall–Kier alpha value is -2.73. The van der Waals surface area contributed by atoms with Crippen molar-refractivity contribution in [3.05, 3.63) is 59.1 Å². The van der Waals surface area contributed by atoms with Crippen molar-refractivity contribution >= 4 is 17.8 Å². The van der Waals surface area contributed by atoms with Crippen LogP contribution in [0.5, 0.6) is 0 Å². The normalized spacial score (nSPS) is 22.0. The average molecular weight is 393 g/mol. The number of aryl methyl sites for hydroxylation is 1. The molecular weight excluding hydrogens is 364 g/mol. The maximum atomic E-state index is 12.8. The first-order valence-corrected chi connectivity index (χ1v) is 10.3. The summed E-state index contributed by atoms with van der Waals surface area (Å²) in [4.78, 5) is 26.4. The molecule has 4 rings (SSSR count). The summed E-state index contributed by atoms with van der Waals surface area (Å²) in [7, 11) is 0. The highest BCUT2D eigenvalue weighted by atomic mass is 16.5. The number of ether oxygens (including phenoxy) is 1. The molecule has 1 fully saturated rings. The molecule has 0 spiro atoms. The SMILES string of the molecule is Cc1nc2c(c(N3CC(C)OC(C)C3)n1)CN(C(=O)C=Cc1ccccc1)CC2. The molecule has 0 saturated carbocycles. The maximum absolute atomic E-state index is 12.8. The zero-order valence-electron chi connectivity index (χ0n) is 17.3. The Bertz CT molecular complexity index is 903. The standard InChI is InChI=1S/C23H28N4O2/c1-16-13-27(14-17(2)29-16)23-20-15-26(12-11-21(20)24-18(3)25-23)22(28)10-9-19-7-5-4-6-8-19/h4-10,16-17H,11-15H2,1-3H3. The summed E-state index contributed by atoms with van der Waals surface area (Å²) in [6.07, 6.45) is 4.59. The lowest BCUT2D eigenvalue weighted by atomic mass is 10.0. The zero-order chi connectivity index (χ0) is 20.4. The summed E-state index contributed by atoms with van der Waals surface area (Å²) in [5.41, 5.74) is 3.16. The summed E-state index contributed by atoms with van der Waals surface area (Å²) in [6.45, 7) is 8.95. The van der Waals surface area contributed by atoms with Crippen molar-refractivity contribution in [1.29, 1.82) is 0 Å². The van der Waals surface area contributed by atoms with Crippen LogP contribution in [-0.2, 0) is 22.5 Å². The summed E-state index contributed by atoms with van der Waals surface area (Å²) < 4.78 is 5.89. The van der Waals surface area contributed by atoms with Crippen molar-refractivity contribution in [2.24, 2.45) is 0 Å². The molecule has 29 heavy (non-hydrogen) atoms. The molecule has 1 aromatic heterocycles. The Labute approximate surface area is 172 Å². The van der Waals surface area contributed by atoms with E-state index in [0.717, 1.165) is 48.0 Å². The van der Waals surface area contributed by atoms with Crippen LogP contribution >= 0.6 is 0 Å². The number of fused-ring (bicyclic) bond motifs is 1. The highest BCUT2D eigenvalue weighted by Crippen LogP contribution is 2.29. The van der Waals surface area contributed by atoms with Gasteiger partial charge in [-0.3, -0.25) is 4.79 Å². The molecule has 2 atom stereocenters. The molecule has 0 aliphatic carbocycles. The third-order valence-electron chi connectivity index (χ3n) is 5.40. The van der Waals surface area contributed by atoms with Gasteiger partial charge in [-0.05, 0) is 32.4 Å². The minimum Gasteiger partial charge on any atom is -0.372 e. The Morgan fingerprint density at radius 2 is 1.86 bits per heavy atom. The number of anilines is 1. The van der Waals surface area contributed by atoms with E-state index < -0.39 is 0 Å². The van der Waals surface area contributed by atoms with Gasteiger partial charge in [0, 0.05) is 37.7 Å². The summed E-state index contributed by atoms with van der Waals surface area (Å²) in [6, 6.07) is 9.89. The van der Waals surface area contributed by atoms with Crippen LogP contribution in [0.1, 0.15) is 36.5 Å². The number of hydrogen-bond donors (Lipinski definition) is 0. The van der Waals surface area contributed by atoms with Crippen molar-refractivity contribution in [2.75, 3.05) is 24.5 Å². The van der Waals surface area contributed by atoms with Crippen LogP contribution in [0, 0.1) is 6.92 Å². The van der Waals surface area contributed by atoms with Gasteiger partial charge in [-0.15, -0.1) is 0 Å². The number of benzene rings is 1. The van der Waals surface area contributed by atoms with E-state index in [-0.39, 0.29) is 18.1 Å². The fourth-order valence-corrected chi connectivity index (χ4v) is 4.15. The molecule has 0 N–H and O–H groups in total.